The van der Waals surface area contributed by atoms with Crippen LogP contribution in [0.5, 0.6) is 5.75 Å². The molecule has 1 aliphatic heterocycles. The first-order valence-corrected chi connectivity index (χ1v) is 10.5. The molecule has 146 valence electrons. The van der Waals surface area contributed by atoms with E-state index in [1.807, 2.05) is 24.3 Å². The number of phenolic OH excluding ortho intramolecular Hbond substituents is 1. The molecular formula is C21H19N5O2S. The maximum Gasteiger partial charge on any atom is 0.227 e. The van der Waals surface area contributed by atoms with Gasteiger partial charge >= 0.3 is 0 Å². The number of rotatable bonds is 4. The van der Waals surface area contributed by atoms with E-state index in [2.05, 4.69) is 20.4 Å². The zero-order valence-electron chi connectivity index (χ0n) is 15.6. The molecule has 2 aromatic heterocycles. The van der Waals surface area contributed by atoms with Crippen molar-refractivity contribution in [2.24, 2.45) is 0 Å². The van der Waals surface area contributed by atoms with E-state index in [1.54, 1.807) is 29.1 Å². The number of aromatic nitrogens is 4. The fraction of sp³-hybridized carbons (Fsp3) is 0.238. The Morgan fingerprint density at radius 3 is 2.97 bits per heavy atom. The van der Waals surface area contributed by atoms with Crippen LogP contribution in [0.2, 0.25) is 0 Å². The topological polar surface area (TPSA) is 92.9 Å². The highest BCUT2D eigenvalue weighted by Crippen LogP contribution is 2.41. The zero-order chi connectivity index (χ0) is 19.8. The normalized spacial score (nSPS) is 18.2. The van der Waals surface area contributed by atoms with Gasteiger partial charge in [-0.25, -0.2) is 4.68 Å². The van der Waals surface area contributed by atoms with Gasteiger partial charge < -0.3 is 10.4 Å². The maximum atomic E-state index is 12.8. The smallest absolute Gasteiger partial charge is 0.227 e. The van der Waals surface area contributed by atoms with E-state index in [1.165, 1.54) is 11.8 Å². The SMILES string of the molecule is O=C1CCCC2=C1[C@@H](c1cccc(O)c1)n1nc(SCc3ccccn3)nc1N2. The van der Waals surface area contributed by atoms with Crippen LogP contribution in [0, 0.1) is 0 Å². The summed E-state index contributed by atoms with van der Waals surface area (Å²) in [5.41, 5.74) is 3.41. The van der Waals surface area contributed by atoms with E-state index in [0.717, 1.165) is 35.4 Å². The molecule has 0 fully saturated rings. The molecule has 0 amide bonds. The number of thioether (sulfide) groups is 1. The first-order chi connectivity index (χ1) is 14.2. The van der Waals surface area contributed by atoms with Gasteiger partial charge in [0.2, 0.25) is 11.1 Å². The van der Waals surface area contributed by atoms with Gasteiger partial charge in [-0.2, -0.15) is 4.98 Å². The first kappa shape index (κ1) is 17.9. The van der Waals surface area contributed by atoms with E-state index in [0.29, 0.717) is 23.3 Å². The number of Topliss-reactive ketones (excluding diaryl/α,β-unsaturated/α-hetero) is 1. The van der Waals surface area contributed by atoms with Crippen LogP contribution in [0.25, 0.3) is 0 Å². The molecule has 3 heterocycles. The van der Waals surface area contributed by atoms with Gasteiger partial charge in [-0.1, -0.05) is 30.0 Å². The summed E-state index contributed by atoms with van der Waals surface area (Å²) < 4.78 is 1.76. The first-order valence-electron chi connectivity index (χ1n) is 9.50. The Kier molecular flexibility index (Phi) is 4.55. The van der Waals surface area contributed by atoms with Crippen molar-refractivity contribution in [2.45, 2.75) is 36.2 Å². The summed E-state index contributed by atoms with van der Waals surface area (Å²) in [5, 5.41) is 18.6. The molecule has 0 radical (unpaired) electrons. The second-order valence-corrected chi connectivity index (χ2v) is 8.01. The minimum absolute atomic E-state index is 0.121. The Labute approximate surface area is 171 Å². The van der Waals surface area contributed by atoms with Crippen molar-refractivity contribution in [3.8, 4) is 5.75 Å². The number of phenols is 1. The summed E-state index contributed by atoms with van der Waals surface area (Å²) in [5.74, 6) is 1.57. The molecule has 0 unspecified atom stereocenters. The number of carbonyl (C=O) groups is 1. The van der Waals surface area contributed by atoms with Crippen LogP contribution in [0.15, 0.2) is 65.1 Å². The Hall–Kier alpha value is -3.13. The second kappa shape index (κ2) is 7.36. The molecule has 8 heteroatoms. The molecule has 7 nitrogen and oxygen atoms in total. The average molecular weight is 405 g/mol. The number of benzene rings is 1. The van der Waals surface area contributed by atoms with Crippen molar-refractivity contribution in [2.75, 3.05) is 5.32 Å². The number of allylic oxidation sites excluding steroid dienone is 2. The summed E-state index contributed by atoms with van der Waals surface area (Å²) in [6.45, 7) is 0. The number of anilines is 1. The lowest BCUT2D eigenvalue weighted by molar-refractivity contribution is -0.116. The monoisotopic (exact) mass is 405 g/mol. The summed E-state index contributed by atoms with van der Waals surface area (Å²) >= 11 is 1.50. The standard InChI is InChI=1S/C21H19N5O2S/c27-15-7-3-5-13(11-15)19-18-16(8-4-9-17(18)28)23-20-24-21(25-26(19)20)29-12-14-6-1-2-10-22-14/h1-3,5-7,10-11,19,27H,4,8-9,12H2,(H,23,24,25)/t19-/m1/s1. The third-order valence-electron chi connectivity index (χ3n) is 5.11. The van der Waals surface area contributed by atoms with Crippen LogP contribution in [0.3, 0.4) is 0 Å². The number of nitrogens with zero attached hydrogens (tertiary/aromatic N) is 4. The fourth-order valence-electron chi connectivity index (χ4n) is 3.82. The molecule has 5 rings (SSSR count). The summed E-state index contributed by atoms with van der Waals surface area (Å²) in [4.78, 5) is 21.8. The molecule has 1 aliphatic carbocycles. The van der Waals surface area contributed by atoms with E-state index in [9.17, 15) is 9.90 Å². The largest absolute Gasteiger partial charge is 0.508 e. The van der Waals surface area contributed by atoms with Gasteiger partial charge in [-0.3, -0.25) is 9.78 Å². The van der Waals surface area contributed by atoms with Gasteiger partial charge in [-0.05, 0) is 42.7 Å². The predicted octanol–water partition coefficient (Wildman–Crippen LogP) is 3.69. The molecule has 0 saturated heterocycles. The van der Waals surface area contributed by atoms with Gasteiger partial charge in [0, 0.05) is 29.6 Å². The van der Waals surface area contributed by atoms with E-state index in [-0.39, 0.29) is 11.5 Å². The third-order valence-corrected chi connectivity index (χ3v) is 5.98. The number of fused-ring (bicyclic) bond motifs is 1. The molecule has 3 aromatic rings. The fourth-order valence-corrected chi connectivity index (χ4v) is 4.57. The second-order valence-electron chi connectivity index (χ2n) is 7.06. The summed E-state index contributed by atoms with van der Waals surface area (Å²) in [6, 6.07) is 12.4. The minimum Gasteiger partial charge on any atom is -0.508 e. The number of nitrogens with one attached hydrogen (secondary N) is 1. The van der Waals surface area contributed by atoms with Crippen molar-refractivity contribution in [3.63, 3.8) is 0 Å². The van der Waals surface area contributed by atoms with Gasteiger partial charge in [-0.15, -0.1) is 5.10 Å². The van der Waals surface area contributed by atoms with E-state index in [4.69, 9.17) is 0 Å². The van der Waals surface area contributed by atoms with E-state index >= 15 is 0 Å². The summed E-state index contributed by atoms with van der Waals surface area (Å²) in [6.07, 6.45) is 3.93. The minimum atomic E-state index is -0.391. The molecule has 2 aliphatic rings. The molecule has 1 aromatic carbocycles. The van der Waals surface area contributed by atoms with Crippen LogP contribution in [-0.4, -0.2) is 30.6 Å². The van der Waals surface area contributed by atoms with Gasteiger partial charge in [0.05, 0.1) is 5.69 Å². The van der Waals surface area contributed by atoms with Crippen LogP contribution in [-0.2, 0) is 10.5 Å². The van der Waals surface area contributed by atoms with Gasteiger partial charge in [0.1, 0.15) is 11.8 Å². The van der Waals surface area contributed by atoms with Crippen LogP contribution < -0.4 is 5.32 Å². The highest BCUT2D eigenvalue weighted by atomic mass is 32.2. The predicted molar refractivity (Wildman–Crippen MR) is 110 cm³/mol. The van der Waals surface area contributed by atoms with Crippen molar-refractivity contribution < 1.29 is 9.90 Å². The Morgan fingerprint density at radius 2 is 2.14 bits per heavy atom. The van der Waals surface area contributed by atoms with Crippen molar-refractivity contribution in [1.82, 2.24) is 19.7 Å². The van der Waals surface area contributed by atoms with Gasteiger partial charge in [0.25, 0.3) is 0 Å². The van der Waals surface area contributed by atoms with Crippen LogP contribution >= 0.6 is 11.8 Å². The average Bonchev–Trinajstić information content (AvgIpc) is 3.14. The molecule has 1 atom stereocenters. The number of carbonyl (C=O) groups excluding carboxylic acids is 1. The number of hydrogen-bond acceptors (Lipinski definition) is 7. The lowest BCUT2D eigenvalue weighted by Crippen LogP contribution is -2.31. The maximum absolute atomic E-state index is 12.8. The molecular weight excluding hydrogens is 386 g/mol. The molecule has 0 spiro atoms. The lowest BCUT2D eigenvalue weighted by Gasteiger charge is -2.32. The Balaban J connectivity index is 1.53. The highest BCUT2D eigenvalue weighted by Gasteiger charge is 2.36. The number of pyridine rings is 1. The van der Waals surface area contributed by atoms with E-state index < -0.39 is 6.04 Å². The van der Waals surface area contributed by atoms with Crippen molar-refractivity contribution in [1.29, 1.82) is 0 Å². The van der Waals surface area contributed by atoms with Gasteiger partial charge in [0.15, 0.2) is 5.78 Å². The lowest BCUT2D eigenvalue weighted by atomic mass is 9.85. The molecule has 2 N–H and O–H groups in total. The Bertz CT molecular complexity index is 1110. The summed E-state index contributed by atoms with van der Waals surface area (Å²) in [7, 11) is 0. The quantitative estimate of drug-likeness (QED) is 0.640. The zero-order valence-corrected chi connectivity index (χ0v) is 16.4. The van der Waals surface area contributed by atoms with Crippen LogP contribution in [0.1, 0.15) is 36.6 Å². The molecule has 0 saturated carbocycles. The van der Waals surface area contributed by atoms with Crippen molar-refractivity contribution >= 4 is 23.5 Å². The van der Waals surface area contributed by atoms with Crippen LogP contribution in [0.4, 0.5) is 5.95 Å². The third kappa shape index (κ3) is 3.40. The highest BCUT2D eigenvalue weighted by molar-refractivity contribution is 7.98. The molecule has 29 heavy (non-hydrogen) atoms. The van der Waals surface area contributed by atoms with Crippen molar-refractivity contribution in [3.05, 3.63) is 71.2 Å². The molecule has 0 bridgehead atoms. The Morgan fingerprint density at radius 1 is 1.21 bits per heavy atom. The number of hydrogen-bond donors (Lipinski definition) is 2. The number of aromatic hydroxyl groups is 1. The number of ketones is 1.